The maximum Gasteiger partial charge on any atom is 0.490 e. The molecule has 1 unspecified atom stereocenters. The van der Waals surface area contributed by atoms with Gasteiger partial charge in [0.2, 0.25) is 6.33 Å². The first-order valence-corrected chi connectivity index (χ1v) is 4.81. The molecule has 0 radical (unpaired) electrons. The molecule has 1 aromatic rings. The number of ketones is 1. The minimum atomic E-state index is -0.695. The molecule has 2 rings (SSSR count). The van der Waals surface area contributed by atoms with Gasteiger partial charge in [0, 0.05) is 17.6 Å². The lowest BCUT2D eigenvalue weighted by atomic mass is 10.0. The van der Waals surface area contributed by atoms with Crippen LogP contribution in [0.2, 0.25) is 0 Å². The number of nitrogens with zero attached hydrogens (tertiary/aromatic N) is 4. The molecule has 0 amide bonds. The van der Waals surface area contributed by atoms with Crippen LogP contribution < -0.4 is 0 Å². The van der Waals surface area contributed by atoms with Gasteiger partial charge < -0.3 is 14.9 Å². The van der Waals surface area contributed by atoms with Crippen molar-refractivity contribution in [3.8, 4) is 0 Å². The Morgan fingerprint density at radius 2 is 2.56 bits per heavy atom. The molecule has 16 heavy (non-hydrogen) atoms. The van der Waals surface area contributed by atoms with Crippen LogP contribution in [0.15, 0.2) is 6.33 Å². The van der Waals surface area contributed by atoms with E-state index in [4.69, 9.17) is 4.74 Å². The van der Waals surface area contributed by atoms with E-state index in [0.29, 0.717) is 19.6 Å². The first-order chi connectivity index (χ1) is 7.66. The van der Waals surface area contributed by atoms with Crippen LogP contribution in [-0.4, -0.2) is 38.7 Å². The summed E-state index contributed by atoms with van der Waals surface area (Å²) in [6.45, 7) is 1.03. The second-order valence-electron chi connectivity index (χ2n) is 3.53. The van der Waals surface area contributed by atoms with Gasteiger partial charge in [0.1, 0.15) is 6.54 Å². The van der Waals surface area contributed by atoms with Gasteiger partial charge in [-0.15, -0.1) is 0 Å². The summed E-state index contributed by atoms with van der Waals surface area (Å²) >= 11 is 0. The summed E-state index contributed by atoms with van der Waals surface area (Å²) in [6.07, 6.45) is 1.89. The SMILES string of the molecule is O=C(Cn1cnc([N+](=O)[O-])n1)C1CCOC1. The van der Waals surface area contributed by atoms with E-state index in [1.807, 2.05) is 0 Å². The van der Waals surface area contributed by atoms with Crippen molar-refractivity contribution in [2.75, 3.05) is 13.2 Å². The van der Waals surface area contributed by atoms with Crippen molar-refractivity contribution < 1.29 is 14.5 Å². The Kier molecular flexibility index (Phi) is 2.91. The Morgan fingerprint density at radius 1 is 1.75 bits per heavy atom. The van der Waals surface area contributed by atoms with Gasteiger partial charge in [0.05, 0.1) is 6.61 Å². The summed E-state index contributed by atoms with van der Waals surface area (Å²) in [5.41, 5.74) is 0. The lowest BCUT2D eigenvalue weighted by Crippen LogP contribution is -2.20. The van der Waals surface area contributed by atoms with Crippen LogP contribution in [0.5, 0.6) is 0 Å². The van der Waals surface area contributed by atoms with E-state index >= 15 is 0 Å². The van der Waals surface area contributed by atoms with E-state index in [0.717, 1.165) is 0 Å². The quantitative estimate of drug-likeness (QED) is 0.520. The van der Waals surface area contributed by atoms with Crippen LogP contribution in [0.3, 0.4) is 0 Å². The molecule has 1 aromatic heterocycles. The summed E-state index contributed by atoms with van der Waals surface area (Å²) in [7, 11) is 0. The number of carbonyl (C=O) groups is 1. The Morgan fingerprint density at radius 3 is 3.12 bits per heavy atom. The van der Waals surface area contributed by atoms with Crippen LogP contribution in [-0.2, 0) is 16.1 Å². The van der Waals surface area contributed by atoms with Crippen molar-refractivity contribution in [2.24, 2.45) is 5.92 Å². The number of rotatable bonds is 4. The first kappa shape index (κ1) is 10.7. The van der Waals surface area contributed by atoms with E-state index in [9.17, 15) is 14.9 Å². The van der Waals surface area contributed by atoms with E-state index in [-0.39, 0.29) is 18.2 Å². The average Bonchev–Trinajstić information content (AvgIpc) is 2.87. The monoisotopic (exact) mass is 226 g/mol. The summed E-state index contributed by atoms with van der Waals surface area (Å²) in [5.74, 6) is -0.643. The predicted molar refractivity (Wildman–Crippen MR) is 50.6 cm³/mol. The molecule has 86 valence electrons. The fourth-order valence-electron chi connectivity index (χ4n) is 1.52. The minimum absolute atomic E-state index is 0.00880. The smallest absolute Gasteiger partial charge is 0.390 e. The molecule has 8 heteroatoms. The molecule has 0 spiro atoms. The van der Waals surface area contributed by atoms with Crippen molar-refractivity contribution in [3.05, 3.63) is 16.4 Å². The summed E-state index contributed by atoms with van der Waals surface area (Å²) in [4.78, 5) is 24.7. The van der Waals surface area contributed by atoms with E-state index in [2.05, 4.69) is 10.1 Å². The average molecular weight is 226 g/mol. The van der Waals surface area contributed by atoms with Crippen molar-refractivity contribution in [2.45, 2.75) is 13.0 Å². The van der Waals surface area contributed by atoms with Gasteiger partial charge in [0.15, 0.2) is 5.78 Å². The Bertz CT molecular complexity index is 410. The third-order valence-electron chi connectivity index (χ3n) is 2.39. The standard InChI is InChI=1S/C8H10N4O4/c13-7(6-1-2-16-4-6)3-11-5-9-8(10-11)12(14)15/h5-6H,1-4H2. The highest BCUT2D eigenvalue weighted by molar-refractivity contribution is 5.81. The molecule has 0 N–H and O–H groups in total. The normalized spacial score (nSPS) is 19.9. The van der Waals surface area contributed by atoms with E-state index in [1.54, 1.807) is 0 Å². The lowest BCUT2D eigenvalue weighted by Gasteiger charge is -2.03. The van der Waals surface area contributed by atoms with Gasteiger partial charge in [-0.3, -0.25) is 4.79 Å². The summed E-state index contributed by atoms with van der Waals surface area (Å²) < 4.78 is 6.26. The highest BCUT2D eigenvalue weighted by Gasteiger charge is 2.25. The maximum absolute atomic E-state index is 11.7. The van der Waals surface area contributed by atoms with Crippen molar-refractivity contribution in [3.63, 3.8) is 0 Å². The van der Waals surface area contributed by atoms with Crippen LogP contribution >= 0.6 is 0 Å². The summed E-state index contributed by atoms with van der Waals surface area (Å²) in [6, 6.07) is 0. The molecule has 0 aromatic carbocycles. The zero-order valence-electron chi connectivity index (χ0n) is 8.40. The number of hydrogen-bond donors (Lipinski definition) is 0. The van der Waals surface area contributed by atoms with Crippen molar-refractivity contribution >= 4 is 11.7 Å². The van der Waals surface area contributed by atoms with Crippen LogP contribution in [0.25, 0.3) is 0 Å². The molecule has 0 aliphatic carbocycles. The molecule has 0 saturated carbocycles. The zero-order chi connectivity index (χ0) is 11.5. The van der Waals surface area contributed by atoms with Gasteiger partial charge in [0.25, 0.3) is 0 Å². The highest BCUT2D eigenvalue weighted by Crippen LogP contribution is 2.14. The molecule has 1 saturated heterocycles. The number of Topliss-reactive ketones (excluding diaryl/α,β-unsaturated/α-hetero) is 1. The molecule has 1 atom stereocenters. The Hall–Kier alpha value is -1.83. The molecule has 1 aliphatic heterocycles. The summed E-state index contributed by atoms with van der Waals surface area (Å²) in [5, 5.41) is 13.9. The van der Waals surface area contributed by atoms with Gasteiger partial charge in [-0.25, -0.2) is 0 Å². The van der Waals surface area contributed by atoms with E-state index < -0.39 is 10.9 Å². The largest absolute Gasteiger partial charge is 0.490 e. The van der Waals surface area contributed by atoms with Crippen molar-refractivity contribution in [1.82, 2.24) is 14.8 Å². The van der Waals surface area contributed by atoms with Crippen molar-refractivity contribution in [1.29, 1.82) is 0 Å². The molecular formula is C8H10N4O4. The molecule has 1 fully saturated rings. The number of ether oxygens (including phenoxy) is 1. The molecule has 0 bridgehead atoms. The zero-order valence-corrected chi connectivity index (χ0v) is 8.40. The molecule has 1 aliphatic rings. The molecular weight excluding hydrogens is 216 g/mol. The number of carbonyl (C=O) groups excluding carboxylic acids is 1. The Labute approximate surface area is 90.4 Å². The third-order valence-corrected chi connectivity index (χ3v) is 2.39. The van der Waals surface area contributed by atoms with Crippen LogP contribution in [0.4, 0.5) is 5.95 Å². The topological polar surface area (TPSA) is 100 Å². The minimum Gasteiger partial charge on any atom is -0.390 e. The van der Waals surface area contributed by atoms with Gasteiger partial charge in [-0.1, -0.05) is 4.98 Å². The van der Waals surface area contributed by atoms with Gasteiger partial charge in [-0.2, -0.15) is 4.68 Å². The maximum atomic E-state index is 11.7. The first-order valence-electron chi connectivity index (χ1n) is 4.81. The van der Waals surface area contributed by atoms with E-state index in [1.165, 1.54) is 11.0 Å². The second-order valence-corrected chi connectivity index (χ2v) is 3.53. The predicted octanol–water partition coefficient (Wildman–Crippen LogP) is -0.208. The second kappa shape index (κ2) is 4.35. The molecule has 2 heterocycles. The fraction of sp³-hybridized carbons (Fsp3) is 0.625. The Balaban J connectivity index is 1.97. The van der Waals surface area contributed by atoms with Gasteiger partial charge >= 0.3 is 5.95 Å². The number of nitro groups is 1. The van der Waals surface area contributed by atoms with Crippen LogP contribution in [0.1, 0.15) is 6.42 Å². The highest BCUT2D eigenvalue weighted by atomic mass is 16.6. The van der Waals surface area contributed by atoms with Crippen LogP contribution in [0, 0.1) is 16.0 Å². The number of hydrogen-bond acceptors (Lipinski definition) is 6. The number of aromatic nitrogens is 3. The molecule has 8 nitrogen and oxygen atoms in total. The lowest BCUT2D eigenvalue weighted by molar-refractivity contribution is -0.394. The third kappa shape index (κ3) is 2.22. The fourth-order valence-corrected chi connectivity index (χ4v) is 1.52. The van der Waals surface area contributed by atoms with Gasteiger partial charge in [-0.05, 0) is 11.3 Å².